The molecule has 1 N–H and O–H groups in total. The van der Waals surface area contributed by atoms with Gasteiger partial charge in [0.2, 0.25) is 10.0 Å². The van der Waals surface area contributed by atoms with Crippen LogP contribution in [0.15, 0.2) is 45.8 Å². The van der Waals surface area contributed by atoms with Crippen molar-refractivity contribution in [2.45, 2.75) is 67.5 Å². The van der Waals surface area contributed by atoms with E-state index in [2.05, 4.69) is 10.5 Å². The zero-order valence-electron chi connectivity index (χ0n) is 15.5. The first-order valence-corrected chi connectivity index (χ1v) is 11.3. The zero-order valence-corrected chi connectivity index (χ0v) is 16.3. The van der Waals surface area contributed by atoms with Crippen LogP contribution in [0.2, 0.25) is 0 Å². The van der Waals surface area contributed by atoms with Gasteiger partial charge in [-0.25, -0.2) is 8.42 Å². The molecule has 2 saturated heterocycles. The lowest BCUT2D eigenvalue weighted by atomic mass is 9.99. The molecule has 1 aliphatic carbocycles. The molecule has 1 saturated carbocycles. The molecule has 2 aliphatic heterocycles. The second kappa shape index (κ2) is 6.70. The maximum absolute atomic E-state index is 13.1. The van der Waals surface area contributed by atoms with Gasteiger partial charge in [-0.1, -0.05) is 23.4 Å². The van der Waals surface area contributed by atoms with Gasteiger partial charge in [-0.15, -0.1) is 0 Å². The maximum Gasteiger partial charge on any atom is 0.273 e. The van der Waals surface area contributed by atoms with Crippen LogP contribution in [0.4, 0.5) is 0 Å². The molecule has 3 atom stereocenters. The first-order chi connectivity index (χ1) is 13.5. The first kappa shape index (κ1) is 17.9. The van der Waals surface area contributed by atoms with E-state index in [-0.39, 0.29) is 24.0 Å². The van der Waals surface area contributed by atoms with Gasteiger partial charge in [0.15, 0.2) is 5.69 Å². The normalized spacial score (nSPS) is 27.6. The van der Waals surface area contributed by atoms with Crippen molar-refractivity contribution in [1.82, 2.24) is 14.8 Å². The zero-order chi connectivity index (χ0) is 19.3. The van der Waals surface area contributed by atoms with Crippen molar-refractivity contribution in [2.24, 2.45) is 0 Å². The monoisotopic (exact) mass is 401 g/mol. The third-order valence-corrected chi connectivity index (χ3v) is 8.08. The molecule has 1 aromatic carbocycles. The molecule has 7 nitrogen and oxygen atoms in total. The van der Waals surface area contributed by atoms with E-state index in [0.717, 1.165) is 31.4 Å². The van der Waals surface area contributed by atoms with Crippen molar-refractivity contribution < 1.29 is 17.7 Å². The van der Waals surface area contributed by atoms with E-state index in [1.165, 1.54) is 0 Å². The van der Waals surface area contributed by atoms with Gasteiger partial charge in [0.05, 0.1) is 4.90 Å². The smallest absolute Gasteiger partial charge is 0.273 e. The molecule has 1 amide bonds. The Balaban J connectivity index is 1.28. The van der Waals surface area contributed by atoms with Crippen LogP contribution in [-0.4, -0.2) is 41.9 Å². The van der Waals surface area contributed by atoms with Gasteiger partial charge in [0.1, 0.15) is 5.76 Å². The standard InChI is InChI=1S/C20H23N3O4S/c24-20(18-12-19(27-22-18)13-6-7-13)21-14-10-15-8-9-16(11-14)23(15)28(25,26)17-4-2-1-3-5-17/h1-5,12-16H,6-11H2,(H,21,24)/t14-,15-,16+. The van der Waals surface area contributed by atoms with Crippen molar-refractivity contribution in [1.29, 1.82) is 0 Å². The topological polar surface area (TPSA) is 92.5 Å². The van der Waals surface area contributed by atoms with Gasteiger partial charge < -0.3 is 9.84 Å². The van der Waals surface area contributed by atoms with E-state index in [0.29, 0.717) is 29.3 Å². The molecular formula is C20H23N3O4S. The number of hydrogen-bond donors (Lipinski definition) is 1. The summed E-state index contributed by atoms with van der Waals surface area (Å²) in [6.07, 6.45) is 5.10. The molecule has 2 aromatic rings. The van der Waals surface area contributed by atoms with E-state index in [1.807, 2.05) is 6.07 Å². The van der Waals surface area contributed by atoms with Crippen molar-refractivity contribution in [3.63, 3.8) is 0 Å². The van der Waals surface area contributed by atoms with E-state index in [1.54, 1.807) is 34.6 Å². The summed E-state index contributed by atoms with van der Waals surface area (Å²) in [5.41, 5.74) is 0.314. The second-order valence-electron chi connectivity index (χ2n) is 8.06. The van der Waals surface area contributed by atoms with Crippen LogP contribution in [0.3, 0.4) is 0 Å². The molecule has 148 valence electrons. The van der Waals surface area contributed by atoms with E-state index in [4.69, 9.17) is 4.52 Å². The Hall–Kier alpha value is -2.19. The molecule has 3 aliphatic rings. The summed E-state index contributed by atoms with van der Waals surface area (Å²) in [5.74, 6) is 0.963. The fraction of sp³-hybridized carbons (Fsp3) is 0.500. The Kier molecular flexibility index (Phi) is 4.28. The van der Waals surface area contributed by atoms with E-state index in [9.17, 15) is 13.2 Å². The van der Waals surface area contributed by atoms with Gasteiger partial charge >= 0.3 is 0 Å². The highest BCUT2D eigenvalue weighted by molar-refractivity contribution is 7.89. The number of aromatic nitrogens is 1. The molecule has 0 radical (unpaired) electrons. The molecule has 3 heterocycles. The van der Waals surface area contributed by atoms with E-state index < -0.39 is 10.0 Å². The van der Waals surface area contributed by atoms with Crippen molar-refractivity contribution in [2.75, 3.05) is 0 Å². The van der Waals surface area contributed by atoms with Gasteiger partial charge in [-0.3, -0.25) is 4.79 Å². The summed E-state index contributed by atoms with van der Waals surface area (Å²) in [6, 6.07) is 10.1. The quantitative estimate of drug-likeness (QED) is 0.832. The third-order valence-electron chi connectivity index (χ3n) is 6.06. The highest BCUT2D eigenvalue weighted by Gasteiger charge is 2.47. The molecule has 5 rings (SSSR count). The van der Waals surface area contributed by atoms with Crippen molar-refractivity contribution in [3.8, 4) is 0 Å². The van der Waals surface area contributed by atoms with Crippen LogP contribution in [0.1, 0.15) is 60.7 Å². The molecule has 28 heavy (non-hydrogen) atoms. The lowest BCUT2D eigenvalue weighted by molar-refractivity contribution is 0.0900. The first-order valence-electron chi connectivity index (χ1n) is 9.88. The number of fused-ring (bicyclic) bond motifs is 2. The number of sulfonamides is 1. The van der Waals surface area contributed by atoms with Crippen LogP contribution in [0.25, 0.3) is 0 Å². The second-order valence-corrected chi connectivity index (χ2v) is 9.91. The predicted molar refractivity (Wildman–Crippen MR) is 101 cm³/mol. The van der Waals surface area contributed by atoms with E-state index >= 15 is 0 Å². The molecule has 0 spiro atoms. The minimum atomic E-state index is -3.51. The van der Waals surface area contributed by atoms with Gasteiger partial charge in [0.25, 0.3) is 5.91 Å². The number of carbonyl (C=O) groups excluding carboxylic acids is 1. The van der Waals surface area contributed by atoms with Gasteiger partial charge in [-0.05, 0) is 50.7 Å². The summed E-state index contributed by atoms with van der Waals surface area (Å²) < 4.78 is 33.1. The Labute approximate surface area is 164 Å². The Morgan fingerprint density at radius 3 is 2.39 bits per heavy atom. The van der Waals surface area contributed by atoms with Gasteiger partial charge in [0, 0.05) is 30.1 Å². The minimum Gasteiger partial charge on any atom is -0.360 e. The fourth-order valence-corrected chi connectivity index (χ4v) is 6.49. The van der Waals surface area contributed by atoms with Crippen LogP contribution in [0, 0.1) is 0 Å². The lowest BCUT2D eigenvalue weighted by Gasteiger charge is -2.38. The maximum atomic E-state index is 13.1. The van der Waals surface area contributed by atoms with Crippen LogP contribution >= 0.6 is 0 Å². The number of rotatable bonds is 5. The SMILES string of the molecule is O=C(N[C@@H]1C[C@H]2CC[C@@H](C1)N2S(=O)(=O)c1ccccc1)c1cc(C2CC2)on1. The number of nitrogens with one attached hydrogen (secondary N) is 1. The number of piperidine rings is 1. The van der Waals surface area contributed by atoms with Crippen LogP contribution < -0.4 is 5.32 Å². The highest BCUT2D eigenvalue weighted by Crippen LogP contribution is 2.41. The molecule has 2 bridgehead atoms. The summed E-state index contributed by atoms with van der Waals surface area (Å²) in [4.78, 5) is 12.9. The van der Waals surface area contributed by atoms with Crippen LogP contribution in [0.5, 0.6) is 0 Å². The molecule has 3 fully saturated rings. The van der Waals surface area contributed by atoms with Crippen LogP contribution in [-0.2, 0) is 10.0 Å². The number of amides is 1. The lowest BCUT2D eigenvalue weighted by Crippen LogP contribution is -2.52. The third kappa shape index (κ3) is 3.14. The molecule has 0 unspecified atom stereocenters. The number of nitrogens with zero attached hydrogens (tertiary/aromatic N) is 2. The molecular weight excluding hydrogens is 378 g/mol. The average molecular weight is 401 g/mol. The number of carbonyl (C=O) groups is 1. The molecule has 8 heteroatoms. The summed E-state index contributed by atoms with van der Waals surface area (Å²) in [6.45, 7) is 0. The summed E-state index contributed by atoms with van der Waals surface area (Å²) in [7, 11) is -3.51. The Bertz CT molecular complexity index is 970. The Morgan fingerprint density at radius 1 is 1.07 bits per heavy atom. The number of hydrogen-bond acceptors (Lipinski definition) is 5. The minimum absolute atomic E-state index is 0.0479. The average Bonchev–Trinajstić information content (AvgIpc) is 3.35. The summed E-state index contributed by atoms with van der Waals surface area (Å²) in [5, 5.41) is 6.93. The predicted octanol–water partition coefficient (Wildman–Crippen LogP) is 2.67. The summed E-state index contributed by atoms with van der Waals surface area (Å²) >= 11 is 0. The largest absolute Gasteiger partial charge is 0.360 e. The highest BCUT2D eigenvalue weighted by atomic mass is 32.2. The van der Waals surface area contributed by atoms with Crippen molar-refractivity contribution >= 4 is 15.9 Å². The number of benzene rings is 1. The van der Waals surface area contributed by atoms with Crippen molar-refractivity contribution in [3.05, 3.63) is 47.9 Å². The molecule has 1 aromatic heterocycles. The fourth-order valence-electron chi connectivity index (χ4n) is 4.57. The van der Waals surface area contributed by atoms with Gasteiger partial charge in [-0.2, -0.15) is 4.31 Å². The Morgan fingerprint density at radius 2 is 1.75 bits per heavy atom.